The van der Waals surface area contributed by atoms with Crippen molar-refractivity contribution >= 4 is 5.91 Å². The maximum Gasteiger partial charge on any atom is 0.266 e. The van der Waals surface area contributed by atoms with Gasteiger partial charge in [0.25, 0.3) is 5.91 Å². The van der Waals surface area contributed by atoms with Crippen molar-refractivity contribution in [3.63, 3.8) is 0 Å². The fourth-order valence-electron chi connectivity index (χ4n) is 1.04. The minimum Gasteiger partial charge on any atom is -0.364 e. The molecule has 1 heterocycles. The molecule has 5 heteroatoms. The van der Waals surface area contributed by atoms with Crippen LogP contribution < -0.4 is 5.73 Å². The number of H-pyrrole nitrogens is 1. The van der Waals surface area contributed by atoms with Gasteiger partial charge in [-0.3, -0.25) is 9.89 Å². The van der Waals surface area contributed by atoms with E-state index in [-0.39, 0.29) is 11.4 Å². The maximum atomic E-state index is 13.3. The average Bonchev–Trinajstić information content (AvgIpc) is 2.61. The molecule has 0 radical (unpaired) electrons. The summed E-state index contributed by atoms with van der Waals surface area (Å²) in [6.07, 6.45) is 0.964. The van der Waals surface area contributed by atoms with Gasteiger partial charge in [0.2, 0.25) is 0 Å². The molecule has 1 saturated carbocycles. The van der Waals surface area contributed by atoms with Gasteiger partial charge in [0, 0.05) is 0 Å². The lowest BCUT2D eigenvalue weighted by molar-refractivity contribution is 0.0995. The van der Waals surface area contributed by atoms with Crippen molar-refractivity contribution in [3.05, 3.63) is 17.5 Å². The van der Waals surface area contributed by atoms with Crippen LogP contribution in [0.2, 0.25) is 0 Å². The van der Waals surface area contributed by atoms with Gasteiger partial charge in [0.1, 0.15) is 11.4 Å². The lowest BCUT2D eigenvalue weighted by Crippen LogP contribution is -2.11. The van der Waals surface area contributed by atoms with Crippen LogP contribution in [-0.4, -0.2) is 16.1 Å². The number of hydrogen-bond donors (Lipinski definition) is 2. The van der Waals surface area contributed by atoms with Crippen molar-refractivity contribution in [2.45, 2.75) is 18.5 Å². The minimum atomic E-state index is -1.30. The van der Waals surface area contributed by atoms with Crippen LogP contribution in [0.1, 0.15) is 29.0 Å². The van der Waals surface area contributed by atoms with E-state index in [0.29, 0.717) is 12.8 Å². The number of nitrogens with zero attached hydrogens (tertiary/aromatic N) is 1. The van der Waals surface area contributed by atoms with E-state index in [9.17, 15) is 9.18 Å². The van der Waals surface area contributed by atoms with Crippen LogP contribution in [0.25, 0.3) is 0 Å². The van der Waals surface area contributed by atoms with E-state index in [1.54, 1.807) is 0 Å². The Hall–Kier alpha value is -1.39. The summed E-state index contributed by atoms with van der Waals surface area (Å²) in [6, 6.07) is 1.37. The first-order valence-electron chi connectivity index (χ1n) is 3.66. The Balaban J connectivity index is 2.30. The fraction of sp³-hybridized carbons (Fsp3) is 0.429. The highest BCUT2D eigenvalue weighted by molar-refractivity contribution is 5.90. The molecule has 1 amide bonds. The van der Waals surface area contributed by atoms with Crippen molar-refractivity contribution in [1.29, 1.82) is 0 Å². The van der Waals surface area contributed by atoms with Crippen molar-refractivity contribution in [2.24, 2.45) is 5.73 Å². The zero-order chi connectivity index (χ0) is 8.77. The Morgan fingerprint density at radius 2 is 2.42 bits per heavy atom. The van der Waals surface area contributed by atoms with Gasteiger partial charge in [-0.25, -0.2) is 4.39 Å². The third-order valence-electron chi connectivity index (χ3n) is 1.99. The van der Waals surface area contributed by atoms with Crippen LogP contribution >= 0.6 is 0 Å². The number of carbonyl (C=O) groups excluding carboxylic acids is 1. The molecule has 3 N–H and O–H groups in total. The Morgan fingerprint density at radius 1 is 1.75 bits per heavy atom. The Morgan fingerprint density at radius 3 is 2.83 bits per heavy atom. The van der Waals surface area contributed by atoms with Crippen LogP contribution in [0.15, 0.2) is 6.07 Å². The van der Waals surface area contributed by atoms with Crippen molar-refractivity contribution in [2.75, 3.05) is 0 Å². The molecular formula is C7H8FN3O. The van der Waals surface area contributed by atoms with E-state index >= 15 is 0 Å². The molecule has 0 atom stereocenters. The number of amides is 1. The summed E-state index contributed by atoms with van der Waals surface area (Å²) < 4.78 is 13.3. The second-order valence-corrected chi connectivity index (χ2v) is 3.00. The SMILES string of the molecule is NC(=O)c1cc(C2(F)CC2)n[nH]1. The highest BCUT2D eigenvalue weighted by Gasteiger charge is 2.47. The van der Waals surface area contributed by atoms with Gasteiger partial charge in [-0.15, -0.1) is 0 Å². The minimum absolute atomic E-state index is 0.161. The summed E-state index contributed by atoms with van der Waals surface area (Å²) in [5, 5.41) is 6.06. The molecular weight excluding hydrogens is 161 g/mol. The number of halogens is 1. The molecule has 2 rings (SSSR count). The topological polar surface area (TPSA) is 71.8 Å². The molecule has 0 spiro atoms. The lowest BCUT2D eigenvalue weighted by Gasteiger charge is -1.95. The number of aromatic nitrogens is 2. The molecule has 0 unspecified atom stereocenters. The third-order valence-corrected chi connectivity index (χ3v) is 1.99. The van der Waals surface area contributed by atoms with Gasteiger partial charge in [0.05, 0.1) is 0 Å². The van der Waals surface area contributed by atoms with E-state index in [2.05, 4.69) is 10.2 Å². The molecule has 0 aromatic carbocycles. The Bertz CT molecular complexity index is 329. The highest BCUT2D eigenvalue weighted by Crippen LogP contribution is 2.48. The number of carbonyl (C=O) groups is 1. The smallest absolute Gasteiger partial charge is 0.266 e. The lowest BCUT2D eigenvalue weighted by atomic mass is 10.2. The highest BCUT2D eigenvalue weighted by atomic mass is 19.1. The van der Waals surface area contributed by atoms with Crippen LogP contribution in [0.5, 0.6) is 0 Å². The first-order chi connectivity index (χ1) is 5.62. The summed E-state index contributed by atoms with van der Waals surface area (Å²) >= 11 is 0. The number of nitrogens with one attached hydrogen (secondary N) is 1. The van der Waals surface area contributed by atoms with Gasteiger partial charge in [-0.1, -0.05) is 0 Å². The van der Waals surface area contributed by atoms with E-state index in [4.69, 9.17) is 5.73 Å². The van der Waals surface area contributed by atoms with E-state index in [0.717, 1.165) is 0 Å². The van der Waals surface area contributed by atoms with Gasteiger partial charge in [-0.2, -0.15) is 5.10 Å². The second-order valence-electron chi connectivity index (χ2n) is 3.00. The summed E-state index contributed by atoms with van der Waals surface area (Å²) in [4.78, 5) is 10.6. The quantitative estimate of drug-likeness (QED) is 0.675. The van der Waals surface area contributed by atoms with Crippen LogP contribution in [0.3, 0.4) is 0 Å². The van der Waals surface area contributed by atoms with E-state index in [1.165, 1.54) is 6.07 Å². The number of aromatic amines is 1. The number of rotatable bonds is 2. The zero-order valence-electron chi connectivity index (χ0n) is 6.30. The molecule has 0 bridgehead atoms. The van der Waals surface area contributed by atoms with Crippen LogP contribution in [0, 0.1) is 0 Å². The van der Waals surface area contributed by atoms with Crippen molar-refractivity contribution < 1.29 is 9.18 Å². The van der Waals surface area contributed by atoms with Crippen molar-refractivity contribution in [1.82, 2.24) is 10.2 Å². The monoisotopic (exact) mass is 169 g/mol. The number of nitrogens with two attached hydrogens (primary N) is 1. The van der Waals surface area contributed by atoms with Crippen LogP contribution in [-0.2, 0) is 5.67 Å². The molecule has 64 valence electrons. The summed E-state index contributed by atoms with van der Waals surface area (Å²) in [5.41, 5.74) is 4.11. The molecule has 1 aromatic rings. The first kappa shape index (κ1) is 7.27. The van der Waals surface area contributed by atoms with Crippen molar-refractivity contribution in [3.8, 4) is 0 Å². The number of alkyl halides is 1. The summed E-state index contributed by atoms with van der Waals surface area (Å²) in [6.45, 7) is 0. The molecule has 1 aliphatic carbocycles. The molecule has 1 fully saturated rings. The van der Waals surface area contributed by atoms with Gasteiger partial charge in [0.15, 0.2) is 5.67 Å². The largest absolute Gasteiger partial charge is 0.364 e. The maximum absolute atomic E-state index is 13.3. The number of hydrogen-bond acceptors (Lipinski definition) is 2. The van der Waals surface area contributed by atoms with Gasteiger partial charge >= 0.3 is 0 Å². The molecule has 0 aliphatic heterocycles. The number of primary amides is 1. The molecule has 1 aliphatic rings. The van der Waals surface area contributed by atoms with E-state index < -0.39 is 11.6 Å². The molecule has 0 saturated heterocycles. The predicted octanol–water partition coefficient (Wildman–Crippen LogP) is 0.467. The van der Waals surface area contributed by atoms with Crippen LogP contribution in [0.4, 0.5) is 4.39 Å². The first-order valence-corrected chi connectivity index (χ1v) is 3.66. The molecule has 1 aromatic heterocycles. The standard InChI is InChI=1S/C7H8FN3O/c8-7(1-2-7)5-3-4(6(9)12)10-11-5/h3H,1-2H2,(H2,9,12)(H,10,11). The molecule has 12 heavy (non-hydrogen) atoms. The summed E-state index contributed by atoms with van der Waals surface area (Å²) in [5.74, 6) is -0.613. The normalized spacial score (nSPS) is 19.1. The Labute approximate surface area is 67.9 Å². The summed E-state index contributed by atoms with van der Waals surface area (Å²) in [7, 11) is 0. The molecule has 4 nitrogen and oxygen atoms in total. The van der Waals surface area contributed by atoms with Gasteiger partial charge < -0.3 is 5.73 Å². The fourth-order valence-corrected chi connectivity index (χ4v) is 1.04. The van der Waals surface area contributed by atoms with E-state index in [1.807, 2.05) is 0 Å². The van der Waals surface area contributed by atoms with Gasteiger partial charge in [-0.05, 0) is 18.9 Å². The average molecular weight is 169 g/mol. The Kier molecular flexibility index (Phi) is 1.25. The second kappa shape index (κ2) is 2.06. The third kappa shape index (κ3) is 0.975. The predicted molar refractivity (Wildman–Crippen MR) is 39.1 cm³/mol. The zero-order valence-corrected chi connectivity index (χ0v) is 6.30.